The Hall–Kier alpha value is -1.88. The molecule has 1 saturated carbocycles. The lowest BCUT2D eigenvalue weighted by atomic mass is 9.75. The van der Waals surface area contributed by atoms with Crippen molar-refractivity contribution in [2.45, 2.75) is 26.7 Å². The molecule has 106 valence electrons. The van der Waals surface area contributed by atoms with Gasteiger partial charge < -0.3 is 5.21 Å². The molecule has 1 aromatic carbocycles. The molecule has 6 heteroatoms. The first-order valence-electron chi connectivity index (χ1n) is 6.25. The lowest BCUT2D eigenvalue weighted by Gasteiger charge is -2.29. The third-order valence-electron chi connectivity index (χ3n) is 3.08. The average Bonchev–Trinajstić information content (AvgIpc) is 2.38. The molecule has 0 spiro atoms. The molecular formula is C14H16ClN3O2. The van der Waals surface area contributed by atoms with E-state index in [4.69, 9.17) is 16.8 Å². The molecule has 0 aliphatic heterocycles. The number of hydrazone groups is 1. The van der Waals surface area contributed by atoms with Crippen LogP contribution in [-0.4, -0.2) is 22.4 Å². The Balaban J connectivity index is 2.20. The topological polar surface area (TPSA) is 74.0 Å². The van der Waals surface area contributed by atoms with Crippen molar-refractivity contribution >= 4 is 34.5 Å². The van der Waals surface area contributed by atoms with Crippen LogP contribution in [0.1, 0.15) is 26.7 Å². The molecule has 2 rings (SSSR count). The number of carbonyl (C=O) groups is 1. The van der Waals surface area contributed by atoms with E-state index in [1.165, 1.54) is 0 Å². The van der Waals surface area contributed by atoms with Gasteiger partial charge in [-0.25, -0.2) is 0 Å². The maximum atomic E-state index is 12.1. The highest BCUT2D eigenvalue weighted by Crippen LogP contribution is 2.31. The van der Waals surface area contributed by atoms with Crippen LogP contribution in [0.2, 0.25) is 5.02 Å². The Labute approximate surface area is 122 Å². The molecular weight excluding hydrogens is 278 g/mol. The molecule has 0 bridgehead atoms. The van der Waals surface area contributed by atoms with E-state index in [1.54, 1.807) is 24.3 Å². The zero-order chi connectivity index (χ0) is 14.8. The van der Waals surface area contributed by atoms with Gasteiger partial charge in [0.15, 0.2) is 11.5 Å². The molecule has 0 amide bonds. The summed E-state index contributed by atoms with van der Waals surface area (Å²) in [6.45, 7) is 3.92. The zero-order valence-corrected chi connectivity index (χ0v) is 12.1. The molecule has 1 aliphatic carbocycles. The largest absolute Gasteiger partial charge is 0.411 e. The number of halogens is 1. The minimum atomic E-state index is -0.210. The van der Waals surface area contributed by atoms with Gasteiger partial charge >= 0.3 is 0 Å². The number of nitrogens with zero attached hydrogens (tertiary/aromatic N) is 2. The van der Waals surface area contributed by atoms with Gasteiger partial charge in [0.1, 0.15) is 5.71 Å². The fourth-order valence-electron chi connectivity index (χ4n) is 2.13. The Morgan fingerprint density at radius 1 is 1.25 bits per heavy atom. The van der Waals surface area contributed by atoms with E-state index >= 15 is 0 Å². The highest BCUT2D eigenvalue weighted by atomic mass is 35.5. The second-order valence-electron chi connectivity index (χ2n) is 5.57. The summed E-state index contributed by atoms with van der Waals surface area (Å²) in [6, 6.07) is 6.94. The normalized spacial score (nSPS) is 22.2. The van der Waals surface area contributed by atoms with Crippen molar-refractivity contribution in [2.24, 2.45) is 15.7 Å². The molecule has 0 saturated heterocycles. The number of anilines is 1. The summed E-state index contributed by atoms with van der Waals surface area (Å²) in [6.07, 6.45) is 0.892. The highest BCUT2D eigenvalue weighted by Gasteiger charge is 2.36. The predicted octanol–water partition coefficient (Wildman–Crippen LogP) is 3.33. The van der Waals surface area contributed by atoms with Crippen LogP contribution in [0.5, 0.6) is 0 Å². The van der Waals surface area contributed by atoms with E-state index < -0.39 is 0 Å². The maximum Gasteiger partial charge on any atom is 0.185 e. The molecule has 0 unspecified atom stereocenters. The van der Waals surface area contributed by atoms with Gasteiger partial charge in [0.2, 0.25) is 0 Å². The van der Waals surface area contributed by atoms with Crippen molar-refractivity contribution in [3.05, 3.63) is 29.3 Å². The van der Waals surface area contributed by atoms with Crippen molar-refractivity contribution in [1.29, 1.82) is 0 Å². The van der Waals surface area contributed by atoms with Crippen LogP contribution in [0.4, 0.5) is 5.69 Å². The number of hydrogen-bond acceptors (Lipinski definition) is 5. The molecule has 5 nitrogen and oxygen atoms in total. The van der Waals surface area contributed by atoms with Crippen molar-refractivity contribution in [2.75, 3.05) is 5.43 Å². The van der Waals surface area contributed by atoms with Gasteiger partial charge in [0.05, 0.1) is 5.69 Å². The number of ketones is 1. The molecule has 1 aliphatic rings. The minimum absolute atomic E-state index is 0.129. The molecule has 0 atom stereocenters. The van der Waals surface area contributed by atoms with E-state index in [0.29, 0.717) is 29.3 Å². The first kappa shape index (κ1) is 14.5. The van der Waals surface area contributed by atoms with Gasteiger partial charge in [-0.15, -0.1) is 0 Å². The molecule has 1 fully saturated rings. The molecule has 0 aromatic heterocycles. The first-order chi connectivity index (χ1) is 9.41. The van der Waals surface area contributed by atoms with E-state index in [9.17, 15) is 4.79 Å². The molecule has 1 aromatic rings. The van der Waals surface area contributed by atoms with E-state index in [1.807, 2.05) is 13.8 Å². The molecule has 0 radical (unpaired) electrons. The molecule has 2 N–H and O–H groups in total. The summed E-state index contributed by atoms with van der Waals surface area (Å²) < 4.78 is 0. The van der Waals surface area contributed by atoms with Crippen molar-refractivity contribution < 1.29 is 10.0 Å². The fourth-order valence-corrected chi connectivity index (χ4v) is 2.26. The Morgan fingerprint density at radius 2 is 1.90 bits per heavy atom. The standard InChI is InChI=1S/C14H16ClN3O2/c1-14(2)7-11(18-20)13(12(19)8-14)17-16-10-5-3-9(15)4-6-10/h3-6,16,20H,7-8H2,1-2H3. The Bertz CT molecular complexity index is 577. The number of oxime groups is 1. The van der Waals surface area contributed by atoms with Gasteiger partial charge in [-0.2, -0.15) is 5.10 Å². The van der Waals surface area contributed by atoms with Crippen LogP contribution in [0, 0.1) is 5.41 Å². The molecule has 0 heterocycles. The molecule has 20 heavy (non-hydrogen) atoms. The quantitative estimate of drug-likeness (QED) is 0.649. The summed E-state index contributed by atoms with van der Waals surface area (Å²) in [5, 5.41) is 16.9. The number of rotatable bonds is 2. The number of benzene rings is 1. The second-order valence-corrected chi connectivity index (χ2v) is 6.00. The minimum Gasteiger partial charge on any atom is -0.411 e. The number of Topliss-reactive ketones (excluding diaryl/α,β-unsaturated/α-hetero) is 1. The Morgan fingerprint density at radius 3 is 2.50 bits per heavy atom. The summed E-state index contributed by atoms with van der Waals surface area (Å²) in [5.41, 5.74) is 3.77. The Kier molecular flexibility index (Phi) is 4.09. The van der Waals surface area contributed by atoms with Crippen molar-refractivity contribution in [3.63, 3.8) is 0 Å². The lowest BCUT2D eigenvalue weighted by molar-refractivity contribution is -0.114. The monoisotopic (exact) mass is 293 g/mol. The zero-order valence-electron chi connectivity index (χ0n) is 11.4. The predicted molar refractivity (Wildman–Crippen MR) is 79.8 cm³/mol. The van der Waals surface area contributed by atoms with Crippen LogP contribution >= 0.6 is 11.6 Å². The third kappa shape index (κ3) is 3.36. The summed E-state index contributed by atoms with van der Waals surface area (Å²) in [5.74, 6) is -0.129. The summed E-state index contributed by atoms with van der Waals surface area (Å²) in [7, 11) is 0. The van der Waals surface area contributed by atoms with Crippen molar-refractivity contribution in [3.8, 4) is 0 Å². The van der Waals surface area contributed by atoms with Crippen LogP contribution < -0.4 is 5.43 Å². The number of nitrogens with one attached hydrogen (secondary N) is 1. The first-order valence-corrected chi connectivity index (χ1v) is 6.63. The average molecular weight is 294 g/mol. The smallest absolute Gasteiger partial charge is 0.185 e. The fraction of sp³-hybridized carbons (Fsp3) is 0.357. The van der Waals surface area contributed by atoms with Crippen LogP contribution in [-0.2, 0) is 4.79 Å². The van der Waals surface area contributed by atoms with Gasteiger partial charge in [0.25, 0.3) is 0 Å². The van der Waals surface area contributed by atoms with Crippen LogP contribution in [0.3, 0.4) is 0 Å². The van der Waals surface area contributed by atoms with E-state index in [-0.39, 0.29) is 16.9 Å². The van der Waals surface area contributed by atoms with Crippen LogP contribution in [0.25, 0.3) is 0 Å². The highest BCUT2D eigenvalue weighted by molar-refractivity contribution is 6.68. The lowest BCUT2D eigenvalue weighted by Crippen LogP contribution is -2.38. The van der Waals surface area contributed by atoms with Crippen LogP contribution in [0.15, 0.2) is 34.5 Å². The number of carbonyl (C=O) groups excluding carboxylic acids is 1. The maximum absolute atomic E-state index is 12.1. The second kappa shape index (κ2) is 5.63. The van der Waals surface area contributed by atoms with Gasteiger partial charge in [-0.1, -0.05) is 30.6 Å². The van der Waals surface area contributed by atoms with E-state index in [2.05, 4.69) is 15.7 Å². The SMILES string of the molecule is CC1(C)CC(=O)C(=NNc2ccc(Cl)cc2)C(=NO)C1. The summed E-state index contributed by atoms with van der Waals surface area (Å²) in [4.78, 5) is 12.1. The summed E-state index contributed by atoms with van der Waals surface area (Å²) >= 11 is 5.79. The van der Waals surface area contributed by atoms with E-state index in [0.717, 1.165) is 0 Å². The number of hydrogen-bond donors (Lipinski definition) is 2. The van der Waals surface area contributed by atoms with Gasteiger partial charge in [-0.05, 0) is 29.7 Å². The van der Waals surface area contributed by atoms with Gasteiger partial charge in [-0.3, -0.25) is 10.2 Å². The van der Waals surface area contributed by atoms with Crippen molar-refractivity contribution in [1.82, 2.24) is 0 Å². The van der Waals surface area contributed by atoms with Gasteiger partial charge in [0, 0.05) is 17.9 Å². The third-order valence-corrected chi connectivity index (χ3v) is 3.34.